The van der Waals surface area contributed by atoms with Crippen LogP contribution < -0.4 is 0 Å². The highest BCUT2D eigenvalue weighted by atomic mass is 16.5. The van der Waals surface area contributed by atoms with Gasteiger partial charge >= 0.3 is 5.97 Å². The highest BCUT2D eigenvalue weighted by molar-refractivity contribution is 5.65. The Morgan fingerprint density at radius 2 is 1.83 bits per heavy atom. The number of hydrogen-bond donors (Lipinski definition) is 1. The maximum absolute atomic E-state index is 10.1. The van der Waals surface area contributed by atoms with Crippen molar-refractivity contribution in [3.63, 3.8) is 0 Å². The third-order valence-corrected chi connectivity index (χ3v) is 0.803. The van der Waals surface area contributed by atoms with Crippen LogP contribution in [0.5, 0.6) is 0 Å². The van der Waals surface area contributed by atoms with Gasteiger partial charge in [0.15, 0.2) is 0 Å². The molecule has 0 atom stereocenters. The monoisotopic (exact) mass is 180 g/mol. The van der Waals surface area contributed by atoms with Crippen molar-refractivity contribution >= 4 is 5.97 Å². The molecule has 0 heterocycles. The summed E-state index contributed by atoms with van der Waals surface area (Å²) in [5.74, 6) is -0.182. The van der Waals surface area contributed by atoms with Gasteiger partial charge in [0.1, 0.15) is 0 Å². The van der Waals surface area contributed by atoms with Crippen molar-refractivity contribution in [2.24, 2.45) is 0 Å². The first-order valence-corrected chi connectivity index (χ1v) is 3.93. The highest BCUT2D eigenvalue weighted by Crippen LogP contribution is 1.86. The Kier molecular flexibility index (Phi) is 24.4. The molecule has 0 saturated carbocycles. The van der Waals surface area contributed by atoms with Crippen LogP contribution in [0.2, 0.25) is 0 Å². The molecule has 0 aliphatic carbocycles. The zero-order valence-corrected chi connectivity index (χ0v) is 8.09. The molecule has 0 spiro atoms. The molecule has 12 heavy (non-hydrogen) atoms. The zero-order chi connectivity index (χ0) is 9.11. The van der Waals surface area contributed by atoms with Crippen molar-refractivity contribution < 1.29 is 20.1 Å². The first-order valence-electron chi connectivity index (χ1n) is 3.93. The summed E-state index contributed by atoms with van der Waals surface area (Å²) in [6, 6.07) is 0. The van der Waals surface area contributed by atoms with Crippen molar-refractivity contribution in [2.45, 2.75) is 33.6 Å². The molecule has 3 N–H and O–H groups in total. The smallest absolute Gasteiger partial charge is 0.302 e. The van der Waals surface area contributed by atoms with Gasteiger partial charge < -0.3 is 15.3 Å². The third kappa shape index (κ3) is 34.3. The summed E-state index contributed by atoms with van der Waals surface area (Å²) in [5.41, 5.74) is 0. The number of aliphatic hydroxyl groups excluding tert-OH is 1. The van der Waals surface area contributed by atoms with Crippen LogP contribution in [-0.4, -0.2) is 29.8 Å². The first kappa shape index (κ1) is 17.5. The Labute approximate surface area is 73.8 Å². The summed E-state index contributed by atoms with van der Waals surface area (Å²) in [7, 11) is 0. The van der Waals surface area contributed by atoms with Crippen LogP contribution in [0.15, 0.2) is 0 Å². The average Bonchev–Trinajstić information content (AvgIpc) is 1.89. The van der Waals surface area contributed by atoms with Crippen molar-refractivity contribution in [3.05, 3.63) is 0 Å². The molecule has 76 valence electrons. The van der Waals surface area contributed by atoms with Gasteiger partial charge in [-0.25, -0.2) is 0 Å². The fraction of sp³-hybridized carbons (Fsp3) is 0.875. The molecule has 0 aliphatic heterocycles. The Balaban J connectivity index is -0.000000177. The first-order chi connectivity index (χ1) is 5.18. The maximum Gasteiger partial charge on any atom is 0.302 e. The number of esters is 1. The van der Waals surface area contributed by atoms with Gasteiger partial charge in [0.25, 0.3) is 0 Å². The minimum Gasteiger partial charge on any atom is -0.466 e. The minimum atomic E-state index is -0.182. The van der Waals surface area contributed by atoms with E-state index >= 15 is 0 Å². The number of unbranched alkanes of at least 4 members (excludes halogenated alkanes) is 1. The van der Waals surface area contributed by atoms with E-state index in [1.54, 1.807) is 6.92 Å². The lowest BCUT2D eigenvalue weighted by Crippen LogP contribution is -1.99. The number of carbonyl (C=O) groups excluding carboxylic acids is 1. The van der Waals surface area contributed by atoms with Crippen molar-refractivity contribution in [2.75, 3.05) is 13.2 Å². The molecule has 0 amide bonds. The van der Waals surface area contributed by atoms with Crippen LogP contribution in [0, 0.1) is 0 Å². The molecular weight excluding hydrogens is 160 g/mol. The van der Waals surface area contributed by atoms with Gasteiger partial charge in [0, 0.05) is 13.5 Å². The lowest BCUT2D eigenvalue weighted by Gasteiger charge is -1.96. The third-order valence-electron chi connectivity index (χ3n) is 0.803. The molecule has 4 nitrogen and oxygen atoms in total. The molecule has 0 aromatic heterocycles. The van der Waals surface area contributed by atoms with Crippen LogP contribution >= 0.6 is 0 Å². The molecule has 0 bridgehead atoms. The van der Waals surface area contributed by atoms with Gasteiger partial charge in [-0.2, -0.15) is 0 Å². The largest absolute Gasteiger partial charge is 0.466 e. The number of carbonyl (C=O) groups is 1. The lowest BCUT2D eigenvalue weighted by molar-refractivity contribution is -0.141. The predicted molar refractivity (Wildman–Crippen MR) is 47.9 cm³/mol. The molecular formula is C8H20O4. The second-order valence-electron chi connectivity index (χ2n) is 2.01. The topological polar surface area (TPSA) is 78.0 Å². The predicted octanol–water partition coefficient (Wildman–Crippen LogP) is 0.523. The summed E-state index contributed by atoms with van der Waals surface area (Å²) < 4.78 is 4.64. The van der Waals surface area contributed by atoms with Crippen LogP contribution in [0.4, 0.5) is 0 Å². The standard InChI is InChI=1S/C6H12O2.C2H6O.H2O/c1-3-4-5-8-6(2)7;1-2-3;/h3-5H2,1-2H3;3H,2H2,1H3;1H2. The number of ether oxygens (including phenoxy) is 1. The molecule has 0 aromatic carbocycles. The second kappa shape index (κ2) is 16.8. The molecule has 4 heteroatoms. The fourth-order valence-electron chi connectivity index (χ4n) is 0.360. The quantitative estimate of drug-likeness (QED) is 0.508. The maximum atomic E-state index is 10.1. The Bertz CT molecular complexity index is 83.1. The Morgan fingerprint density at radius 1 is 1.42 bits per heavy atom. The summed E-state index contributed by atoms with van der Waals surface area (Å²) in [6.45, 7) is 5.99. The number of hydrogen-bond acceptors (Lipinski definition) is 3. The van der Waals surface area contributed by atoms with E-state index < -0.39 is 0 Å². The van der Waals surface area contributed by atoms with Gasteiger partial charge in [0.05, 0.1) is 6.61 Å². The average molecular weight is 180 g/mol. The van der Waals surface area contributed by atoms with E-state index in [4.69, 9.17) is 5.11 Å². The van der Waals surface area contributed by atoms with Crippen LogP contribution in [0.1, 0.15) is 33.6 Å². The van der Waals surface area contributed by atoms with E-state index in [-0.39, 0.29) is 18.1 Å². The molecule has 0 aromatic rings. The van der Waals surface area contributed by atoms with Gasteiger partial charge in [-0.3, -0.25) is 4.79 Å². The van der Waals surface area contributed by atoms with Gasteiger partial charge in [-0.05, 0) is 13.3 Å². The van der Waals surface area contributed by atoms with Crippen LogP contribution in [-0.2, 0) is 9.53 Å². The SMILES string of the molecule is CCCCOC(C)=O.CCO.O. The zero-order valence-electron chi connectivity index (χ0n) is 8.09. The van der Waals surface area contributed by atoms with Crippen LogP contribution in [0.3, 0.4) is 0 Å². The minimum absolute atomic E-state index is 0. The molecule has 0 aliphatic rings. The van der Waals surface area contributed by atoms with E-state index in [0.29, 0.717) is 6.61 Å². The van der Waals surface area contributed by atoms with Gasteiger partial charge in [0.2, 0.25) is 0 Å². The van der Waals surface area contributed by atoms with E-state index in [2.05, 4.69) is 11.7 Å². The molecule has 0 unspecified atom stereocenters. The number of aliphatic hydroxyl groups is 1. The van der Waals surface area contributed by atoms with Crippen molar-refractivity contribution in [1.82, 2.24) is 0 Å². The summed E-state index contributed by atoms with van der Waals surface area (Å²) in [4.78, 5) is 10.1. The summed E-state index contributed by atoms with van der Waals surface area (Å²) in [5, 5.41) is 7.57. The highest BCUT2D eigenvalue weighted by Gasteiger charge is 1.88. The number of rotatable bonds is 3. The van der Waals surface area contributed by atoms with E-state index in [1.165, 1.54) is 6.92 Å². The van der Waals surface area contributed by atoms with Crippen molar-refractivity contribution in [3.8, 4) is 0 Å². The summed E-state index contributed by atoms with van der Waals surface area (Å²) in [6.07, 6.45) is 2.05. The molecule has 0 saturated heterocycles. The van der Waals surface area contributed by atoms with Crippen molar-refractivity contribution in [1.29, 1.82) is 0 Å². The normalized spacial score (nSPS) is 7.33. The molecule has 0 rings (SSSR count). The fourth-order valence-corrected chi connectivity index (χ4v) is 0.360. The Hall–Kier alpha value is -0.610. The van der Waals surface area contributed by atoms with Gasteiger partial charge in [-0.1, -0.05) is 13.3 Å². The summed E-state index contributed by atoms with van der Waals surface area (Å²) >= 11 is 0. The second-order valence-corrected chi connectivity index (χ2v) is 2.01. The molecule has 0 radical (unpaired) electrons. The van der Waals surface area contributed by atoms with E-state index in [0.717, 1.165) is 12.8 Å². The lowest BCUT2D eigenvalue weighted by atomic mass is 10.4. The van der Waals surface area contributed by atoms with Crippen LogP contribution in [0.25, 0.3) is 0 Å². The molecule has 0 fully saturated rings. The Morgan fingerprint density at radius 3 is 2.08 bits per heavy atom. The van der Waals surface area contributed by atoms with E-state index in [9.17, 15) is 4.79 Å². The van der Waals surface area contributed by atoms with Gasteiger partial charge in [-0.15, -0.1) is 0 Å². The van der Waals surface area contributed by atoms with E-state index in [1.807, 2.05) is 0 Å².